The second kappa shape index (κ2) is 9.43. The van der Waals surface area contributed by atoms with E-state index in [0.717, 1.165) is 51.6 Å². The van der Waals surface area contributed by atoms with Crippen molar-refractivity contribution >= 4 is 17.8 Å². The van der Waals surface area contributed by atoms with Gasteiger partial charge in [0.15, 0.2) is 18.2 Å². The van der Waals surface area contributed by atoms with E-state index in [1.54, 1.807) is 18.5 Å². The summed E-state index contributed by atoms with van der Waals surface area (Å²) in [6.07, 6.45) is 8.35. The maximum absolute atomic E-state index is 13.6. The van der Waals surface area contributed by atoms with Gasteiger partial charge in [0, 0.05) is 37.1 Å². The van der Waals surface area contributed by atoms with Crippen molar-refractivity contribution in [2.24, 2.45) is 11.8 Å². The summed E-state index contributed by atoms with van der Waals surface area (Å²) >= 11 is 0. The number of aromatic nitrogens is 2. The van der Waals surface area contributed by atoms with Crippen LogP contribution in [-0.4, -0.2) is 63.7 Å². The Labute approximate surface area is 199 Å². The number of ether oxygens (including phenoxy) is 1. The number of hydrogen-bond donors (Lipinski definition) is 2. The van der Waals surface area contributed by atoms with Gasteiger partial charge in [-0.05, 0) is 24.5 Å². The van der Waals surface area contributed by atoms with Crippen LogP contribution in [0.15, 0.2) is 48.8 Å². The van der Waals surface area contributed by atoms with Gasteiger partial charge in [-0.25, -0.2) is 14.8 Å². The van der Waals surface area contributed by atoms with Crippen molar-refractivity contribution in [1.82, 2.24) is 9.97 Å². The highest BCUT2D eigenvalue weighted by atomic mass is 16.6. The summed E-state index contributed by atoms with van der Waals surface area (Å²) in [6.45, 7) is 2.65. The molecule has 6 rings (SSSR count). The molecule has 8 heteroatoms. The second-order valence-electron chi connectivity index (χ2n) is 10.1. The predicted octanol–water partition coefficient (Wildman–Crippen LogP) is 2.65. The van der Waals surface area contributed by atoms with Crippen molar-refractivity contribution in [2.45, 2.75) is 50.2 Å². The molecule has 8 nitrogen and oxygen atoms in total. The number of esters is 1. The zero-order chi connectivity index (χ0) is 23.6. The van der Waals surface area contributed by atoms with Crippen LogP contribution in [0.1, 0.15) is 44.1 Å². The molecule has 4 aliphatic rings. The maximum atomic E-state index is 13.6. The number of nitrogens with zero attached hydrogens (tertiary/aromatic N) is 3. The predicted molar refractivity (Wildman–Crippen MR) is 125 cm³/mol. The van der Waals surface area contributed by atoms with E-state index in [1.165, 1.54) is 0 Å². The summed E-state index contributed by atoms with van der Waals surface area (Å²) in [5.74, 6) is -0.241. The Morgan fingerprint density at radius 2 is 1.71 bits per heavy atom. The zero-order valence-corrected chi connectivity index (χ0v) is 19.4. The second-order valence-corrected chi connectivity index (χ2v) is 10.1. The lowest BCUT2D eigenvalue weighted by molar-refractivity contribution is -0.939. The van der Waals surface area contributed by atoms with Crippen LogP contribution >= 0.6 is 0 Å². The lowest BCUT2D eigenvalue weighted by Crippen LogP contribution is -2.66. The summed E-state index contributed by atoms with van der Waals surface area (Å²) in [5.41, 5.74) is -1.02. The van der Waals surface area contributed by atoms with E-state index in [1.807, 2.05) is 30.3 Å². The Morgan fingerprint density at radius 1 is 1.03 bits per heavy atom. The first kappa shape index (κ1) is 22.9. The lowest BCUT2D eigenvalue weighted by atomic mass is 9.79. The Kier molecular flexibility index (Phi) is 6.36. The molecule has 3 saturated heterocycles. The van der Waals surface area contributed by atoms with Crippen LogP contribution in [0, 0.1) is 11.8 Å². The summed E-state index contributed by atoms with van der Waals surface area (Å²) < 4.78 is 6.70. The molecule has 34 heavy (non-hydrogen) atoms. The number of carbonyl (C=O) groups excluding carboxylic acids is 2. The number of nitrogens with one attached hydrogen (secondary N) is 1. The van der Waals surface area contributed by atoms with E-state index in [0.29, 0.717) is 29.1 Å². The number of aliphatic hydroxyl groups is 1. The molecule has 1 amide bonds. The van der Waals surface area contributed by atoms with Crippen LogP contribution in [0.3, 0.4) is 0 Å². The minimum absolute atomic E-state index is 0.136. The SMILES string of the molecule is O=C(C[N+]12CCC(CC1)[C@@H](OC(=O)C(O)(c1ccccc1)C1CCCC1)C2)Nc1ncccn1. The average molecular weight is 466 g/mol. The highest BCUT2D eigenvalue weighted by Crippen LogP contribution is 2.43. The quantitative estimate of drug-likeness (QED) is 0.482. The van der Waals surface area contributed by atoms with Gasteiger partial charge in [0.1, 0.15) is 6.54 Å². The third kappa shape index (κ3) is 4.44. The average Bonchev–Trinajstić information content (AvgIpc) is 3.40. The molecule has 180 valence electrons. The number of rotatable bonds is 7. The third-order valence-corrected chi connectivity index (χ3v) is 8.07. The minimum Gasteiger partial charge on any atom is -0.454 e. The van der Waals surface area contributed by atoms with Crippen molar-refractivity contribution in [1.29, 1.82) is 0 Å². The summed E-state index contributed by atoms with van der Waals surface area (Å²) in [7, 11) is 0. The normalized spacial score (nSPS) is 28.3. The number of hydrogen-bond acceptors (Lipinski definition) is 6. The fourth-order valence-electron chi connectivity index (χ4n) is 6.19. The number of carbonyl (C=O) groups is 2. The van der Waals surface area contributed by atoms with Gasteiger partial charge in [0.05, 0.1) is 13.1 Å². The van der Waals surface area contributed by atoms with E-state index in [2.05, 4.69) is 15.3 Å². The van der Waals surface area contributed by atoms with E-state index < -0.39 is 11.6 Å². The number of amides is 1. The fourth-order valence-corrected chi connectivity index (χ4v) is 6.19. The Bertz CT molecular complexity index is 1000. The highest BCUT2D eigenvalue weighted by molar-refractivity contribution is 5.89. The molecule has 1 unspecified atom stereocenters. The van der Waals surface area contributed by atoms with Crippen LogP contribution in [0.25, 0.3) is 0 Å². The van der Waals surface area contributed by atoms with E-state index >= 15 is 0 Å². The molecule has 0 spiro atoms. The highest BCUT2D eigenvalue weighted by Gasteiger charge is 2.53. The number of fused-ring (bicyclic) bond motifs is 3. The molecule has 1 aromatic carbocycles. The Balaban J connectivity index is 1.30. The largest absolute Gasteiger partial charge is 0.454 e. The molecule has 2 aromatic rings. The van der Waals surface area contributed by atoms with Gasteiger partial charge in [-0.2, -0.15) is 0 Å². The van der Waals surface area contributed by atoms with E-state index in [-0.39, 0.29) is 23.8 Å². The standard InChI is InChI=1S/C26H32N4O4/c31-23(29-25-27-13-6-14-28-25)18-30-15-11-19(12-16-30)22(17-30)34-24(32)26(33,21-9-4-5-10-21)20-7-2-1-3-8-20/h1-3,6-8,13-14,19,21-22,33H,4-5,9-12,15-18H2/p+1/t19?,22-,26?,30?/m0/s1. The maximum Gasteiger partial charge on any atom is 0.343 e. The third-order valence-electron chi connectivity index (χ3n) is 8.07. The van der Waals surface area contributed by atoms with Crippen molar-refractivity contribution < 1.29 is 23.9 Å². The van der Waals surface area contributed by atoms with Crippen molar-refractivity contribution in [3.8, 4) is 0 Å². The van der Waals surface area contributed by atoms with Gasteiger partial charge in [-0.1, -0.05) is 43.2 Å². The van der Waals surface area contributed by atoms with Crippen LogP contribution in [-0.2, 0) is 19.9 Å². The van der Waals surface area contributed by atoms with Gasteiger partial charge in [-0.3, -0.25) is 10.1 Å². The van der Waals surface area contributed by atoms with Crippen molar-refractivity contribution in [3.05, 3.63) is 54.4 Å². The van der Waals surface area contributed by atoms with Crippen LogP contribution < -0.4 is 5.32 Å². The molecular formula is C26H33N4O4+. The van der Waals surface area contributed by atoms with E-state index in [9.17, 15) is 14.7 Å². The minimum atomic E-state index is -1.63. The summed E-state index contributed by atoms with van der Waals surface area (Å²) in [4.78, 5) is 34.5. The van der Waals surface area contributed by atoms with Gasteiger partial charge in [0.2, 0.25) is 5.95 Å². The topological polar surface area (TPSA) is 101 Å². The van der Waals surface area contributed by atoms with Crippen molar-refractivity contribution in [3.63, 3.8) is 0 Å². The number of benzene rings is 1. The van der Waals surface area contributed by atoms with Gasteiger partial charge in [0.25, 0.3) is 5.91 Å². The van der Waals surface area contributed by atoms with Gasteiger partial charge >= 0.3 is 5.97 Å². The first-order chi connectivity index (χ1) is 16.5. The summed E-state index contributed by atoms with van der Waals surface area (Å²) in [6, 6.07) is 10.9. The molecule has 3 aliphatic heterocycles. The molecule has 1 aliphatic carbocycles. The molecule has 4 heterocycles. The fraction of sp³-hybridized carbons (Fsp3) is 0.538. The van der Waals surface area contributed by atoms with Crippen LogP contribution in [0.2, 0.25) is 0 Å². The molecule has 4 fully saturated rings. The first-order valence-corrected chi connectivity index (χ1v) is 12.4. The Hall–Kier alpha value is -2.84. The molecule has 0 radical (unpaired) electrons. The molecule has 2 bridgehead atoms. The van der Waals surface area contributed by atoms with Gasteiger partial charge in [-0.15, -0.1) is 0 Å². The molecule has 1 aromatic heterocycles. The number of quaternary nitrogens is 1. The smallest absolute Gasteiger partial charge is 0.343 e. The van der Waals surface area contributed by atoms with Crippen LogP contribution in [0.4, 0.5) is 5.95 Å². The molecule has 2 atom stereocenters. The molecule has 2 N–H and O–H groups in total. The molecular weight excluding hydrogens is 432 g/mol. The number of anilines is 1. The van der Waals surface area contributed by atoms with Gasteiger partial charge < -0.3 is 14.3 Å². The Morgan fingerprint density at radius 3 is 2.38 bits per heavy atom. The lowest BCUT2D eigenvalue weighted by Gasteiger charge is -2.51. The monoisotopic (exact) mass is 465 g/mol. The zero-order valence-electron chi connectivity index (χ0n) is 19.4. The molecule has 1 saturated carbocycles. The van der Waals surface area contributed by atoms with Crippen LogP contribution in [0.5, 0.6) is 0 Å². The van der Waals surface area contributed by atoms with Crippen molar-refractivity contribution in [2.75, 3.05) is 31.5 Å². The first-order valence-electron chi connectivity index (χ1n) is 12.4. The van der Waals surface area contributed by atoms with E-state index in [4.69, 9.17) is 4.74 Å². The summed E-state index contributed by atoms with van der Waals surface area (Å²) in [5, 5.41) is 14.5. The number of piperidine rings is 3.